The molecule has 0 aliphatic heterocycles. The van der Waals surface area contributed by atoms with Gasteiger partial charge in [-0.2, -0.15) is 5.10 Å². The van der Waals surface area contributed by atoms with Gasteiger partial charge in [0.15, 0.2) is 0 Å². The number of rotatable bonds is 7. The molecule has 1 unspecified atom stereocenters. The molecule has 0 fully saturated rings. The van der Waals surface area contributed by atoms with E-state index in [-0.39, 0.29) is 11.9 Å². The van der Waals surface area contributed by atoms with Crippen molar-refractivity contribution in [2.75, 3.05) is 7.11 Å². The van der Waals surface area contributed by atoms with Crippen LogP contribution in [-0.2, 0) is 29.7 Å². The van der Waals surface area contributed by atoms with Gasteiger partial charge in [0.05, 0.1) is 19.3 Å². The summed E-state index contributed by atoms with van der Waals surface area (Å²) in [4.78, 5) is 25.8. The number of methoxy groups -OCH3 is 1. The van der Waals surface area contributed by atoms with Crippen LogP contribution in [0.4, 0.5) is 0 Å². The maximum atomic E-state index is 12.4. The van der Waals surface area contributed by atoms with Crippen LogP contribution in [0.1, 0.15) is 41.5 Å². The Labute approximate surface area is 147 Å². The van der Waals surface area contributed by atoms with Crippen molar-refractivity contribution in [1.82, 2.24) is 19.2 Å². The van der Waals surface area contributed by atoms with Crippen LogP contribution in [-0.4, -0.2) is 38.2 Å². The molecule has 0 saturated heterocycles. The third-order valence-electron chi connectivity index (χ3n) is 4.19. The van der Waals surface area contributed by atoms with Crippen LogP contribution in [0.2, 0.25) is 0 Å². The number of nitrogens with zero attached hydrogens (tertiary/aromatic N) is 4. The van der Waals surface area contributed by atoms with Gasteiger partial charge in [0.1, 0.15) is 5.69 Å². The zero-order valence-electron chi connectivity index (χ0n) is 15.1. The molecule has 25 heavy (non-hydrogen) atoms. The number of carbonyl (C=O) groups excluding carboxylic acids is 2. The predicted octanol–water partition coefficient (Wildman–Crippen LogP) is 2.30. The number of hydrogen-bond acceptors (Lipinski definition) is 4. The van der Waals surface area contributed by atoms with Crippen molar-refractivity contribution in [2.45, 2.75) is 33.0 Å². The van der Waals surface area contributed by atoms with Crippen LogP contribution in [0.5, 0.6) is 0 Å². The van der Waals surface area contributed by atoms with E-state index in [1.807, 2.05) is 30.9 Å². The molecular formula is C18H24N4O3. The lowest BCUT2D eigenvalue weighted by Gasteiger charge is -2.27. The highest BCUT2D eigenvalue weighted by Crippen LogP contribution is 2.23. The smallest absolute Gasteiger partial charge is 0.354 e. The van der Waals surface area contributed by atoms with Crippen molar-refractivity contribution < 1.29 is 14.3 Å². The van der Waals surface area contributed by atoms with Gasteiger partial charge in [-0.15, -0.1) is 0 Å². The fourth-order valence-corrected chi connectivity index (χ4v) is 2.69. The highest BCUT2D eigenvalue weighted by molar-refractivity contribution is 5.88. The minimum absolute atomic E-state index is 0.174. The Hall–Kier alpha value is -2.83. The number of aryl methyl sites for hydroxylation is 2. The average molecular weight is 344 g/mol. The van der Waals surface area contributed by atoms with Gasteiger partial charge in [-0.25, -0.2) is 4.79 Å². The third kappa shape index (κ3) is 3.99. The number of carbonyl (C=O) groups is 2. The normalized spacial score (nSPS) is 11.8. The highest BCUT2D eigenvalue weighted by Gasteiger charge is 2.22. The molecule has 1 amide bonds. The van der Waals surface area contributed by atoms with Crippen LogP contribution < -0.4 is 0 Å². The summed E-state index contributed by atoms with van der Waals surface area (Å²) < 4.78 is 8.28. The van der Waals surface area contributed by atoms with E-state index in [2.05, 4.69) is 11.7 Å². The van der Waals surface area contributed by atoms with Gasteiger partial charge in [0, 0.05) is 38.1 Å². The second-order valence-corrected chi connectivity index (χ2v) is 5.81. The molecule has 7 heteroatoms. The van der Waals surface area contributed by atoms with Gasteiger partial charge in [-0.05, 0) is 31.6 Å². The number of ether oxygens (including phenoxy) is 1. The number of hydrogen-bond donors (Lipinski definition) is 0. The predicted molar refractivity (Wildman–Crippen MR) is 93.8 cm³/mol. The summed E-state index contributed by atoms with van der Waals surface area (Å²) in [6, 6.07) is 1.56. The highest BCUT2D eigenvalue weighted by atomic mass is 16.5. The fraction of sp³-hybridized carbons (Fsp3) is 0.389. The van der Waals surface area contributed by atoms with Gasteiger partial charge in [0.2, 0.25) is 5.91 Å². The van der Waals surface area contributed by atoms with E-state index in [9.17, 15) is 9.59 Å². The summed E-state index contributed by atoms with van der Waals surface area (Å²) in [5.41, 5.74) is 2.23. The molecule has 134 valence electrons. The molecule has 2 aromatic heterocycles. The van der Waals surface area contributed by atoms with E-state index >= 15 is 0 Å². The van der Waals surface area contributed by atoms with E-state index in [1.54, 1.807) is 28.8 Å². The number of amides is 1. The second kappa shape index (κ2) is 7.83. The second-order valence-electron chi connectivity index (χ2n) is 5.81. The number of esters is 1. The Bertz CT molecular complexity index is 775. The zero-order chi connectivity index (χ0) is 18.6. The van der Waals surface area contributed by atoms with Crippen molar-refractivity contribution in [3.05, 3.63) is 54.1 Å². The van der Waals surface area contributed by atoms with Crippen molar-refractivity contribution in [3.8, 4) is 0 Å². The molecule has 0 spiro atoms. The summed E-state index contributed by atoms with van der Waals surface area (Å²) >= 11 is 0. The molecule has 1 atom stereocenters. The molecule has 0 aromatic carbocycles. The lowest BCUT2D eigenvalue weighted by atomic mass is 10.1. The molecule has 2 heterocycles. The largest absolute Gasteiger partial charge is 0.464 e. The van der Waals surface area contributed by atoms with E-state index in [4.69, 9.17) is 4.74 Å². The monoisotopic (exact) mass is 344 g/mol. The average Bonchev–Trinajstić information content (AvgIpc) is 3.24. The first kappa shape index (κ1) is 18.5. The molecule has 0 aliphatic rings. The van der Waals surface area contributed by atoms with Crippen LogP contribution in [0.3, 0.4) is 0 Å². The van der Waals surface area contributed by atoms with Crippen LogP contribution >= 0.6 is 0 Å². The summed E-state index contributed by atoms with van der Waals surface area (Å²) in [5, 5.41) is 4.27. The Balaban J connectivity index is 2.27. The van der Waals surface area contributed by atoms with Gasteiger partial charge in [-0.3, -0.25) is 9.48 Å². The summed E-state index contributed by atoms with van der Waals surface area (Å²) in [6.45, 7) is 8.67. The first-order valence-corrected chi connectivity index (χ1v) is 8.10. The number of aromatic nitrogens is 3. The SMILES string of the molecule is C=CC(=O)N(Cc1cc(C(=O)OC)n(C)c1)C(C)c1cnn(CC)c1. The summed E-state index contributed by atoms with van der Waals surface area (Å²) in [7, 11) is 3.11. The van der Waals surface area contributed by atoms with Crippen LogP contribution in [0, 0.1) is 0 Å². The van der Waals surface area contributed by atoms with Crippen molar-refractivity contribution >= 4 is 11.9 Å². The fourth-order valence-electron chi connectivity index (χ4n) is 2.69. The Kier molecular flexibility index (Phi) is 5.80. The molecule has 7 nitrogen and oxygen atoms in total. The quantitative estimate of drug-likeness (QED) is 0.571. The Morgan fingerprint density at radius 2 is 2.16 bits per heavy atom. The topological polar surface area (TPSA) is 69.4 Å². The van der Waals surface area contributed by atoms with E-state index in [0.29, 0.717) is 12.2 Å². The zero-order valence-corrected chi connectivity index (χ0v) is 15.1. The van der Waals surface area contributed by atoms with Crippen molar-refractivity contribution in [2.24, 2.45) is 7.05 Å². The van der Waals surface area contributed by atoms with Crippen molar-refractivity contribution in [3.63, 3.8) is 0 Å². The molecule has 0 N–H and O–H groups in total. The molecule has 2 rings (SSSR count). The first-order chi connectivity index (χ1) is 11.9. The Morgan fingerprint density at radius 3 is 2.72 bits per heavy atom. The molecule has 0 bridgehead atoms. The van der Waals surface area contributed by atoms with Gasteiger partial charge >= 0.3 is 5.97 Å². The molecule has 0 aliphatic carbocycles. The van der Waals surface area contributed by atoms with Gasteiger partial charge < -0.3 is 14.2 Å². The molecule has 0 saturated carbocycles. The minimum Gasteiger partial charge on any atom is -0.464 e. The molecular weight excluding hydrogens is 320 g/mol. The van der Waals surface area contributed by atoms with E-state index in [1.165, 1.54) is 13.2 Å². The van der Waals surface area contributed by atoms with Crippen molar-refractivity contribution in [1.29, 1.82) is 0 Å². The Morgan fingerprint density at radius 1 is 1.44 bits per heavy atom. The maximum absolute atomic E-state index is 12.4. The molecule has 2 aromatic rings. The lowest BCUT2D eigenvalue weighted by Crippen LogP contribution is -2.31. The van der Waals surface area contributed by atoms with E-state index in [0.717, 1.165) is 17.7 Å². The van der Waals surface area contributed by atoms with Crippen LogP contribution in [0.25, 0.3) is 0 Å². The third-order valence-corrected chi connectivity index (χ3v) is 4.19. The minimum atomic E-state index is -0.410. The lowest BCUT2D eigenvalue weighted by molar-refractivity contribution is -0.128. The summed E-state index contributed by atoms with van der Waals surface area (Å²) in [5.74, 6) is -0.590. The molecule has 0 radical (unpaired) electrons. The van der Waals surface area contributed by atoms with Gasteiger partial charge in [0.25, 0.3) is 0 Å². The standard InChI is InChI=1S/C18H24N4O3/c1-6-17(23)22(13(3)15-9-19-21(7-2)12-15)11-14-8-16(18(24)25-5)20(4)10-14/h6,8-10,12-13H,1,7,11H2,2-5H3. The summed E-state index contributed by atoms with van der Waals surface area (Å²) in [6.07, 6.45) is 6.81. The van der Waals surface area contributed by atoms with E-state index < -0.39 is 5.97 Å². The van der Waals surface area contributed by atoms with Gasteiger partial charge in [-0.1, -0.05) is 6.58 Å². The van der Waals surface area contributed by atoms with Crippen LogP contribution in [0.15, 0.2) is 37.3 Å². The maximum Gasteiger partial charge on any atom is 0.354 e. The first-order valence-electron chi connectivity index (χ1n) is 8.10.